The minimum Gasteiger partial charge on any atom is -0.492 e. The van der Waals surface area contributed by atoms with Crippen LogP contribution in [-0.2, 0) is 0 Å². The number of nitrogens with two attached hydrogens (primary N) is 1. The maximum Gasteiger partial charge on any atom is 0.177 e. The Morgan fingerprint density at radius 1 is 1.56 bits per heavy atom. The van der Waals surface area contributed by atoms with Crippen LogP contribution in [0.15, 0.2) is 0 Å². The number of hydrogen-bond donors (Lipinski definition) is 1. The van der Waals surface area contributed by atoms with Crippen molar-refractivity contribution in [2.75, 3.05) is 31.3 Å². The Morgan fingerprint density at radius 2 is 2.25 bits per heavy atom. The summed E-state index contributed by atoms with van der Waals surface area (Å²) in [6.07, 6.45) is 2.25. The molecule has 16 heavy (non-hydrogen) atoms. The lowest BCUT2D eigenvalue weighted by Gasteiger charge is -2.18. The van der Waals surface area contributed by atoms with E-state index >= 15 is 0 Å². The summed E-state index contributed by atoms with van der Waals surface area (Å²) in [6.45, 7) is 3.09. The molecule has 1 aromatic heterocycles. The summed E-state index contributed by atoms with van der Waals surface area (Å²) in [5.41, 5.74) is 6.28. The van der Waals surface area contributed by atoms with Crippen molar-refractivity contribution in [1.82, 2.24) is 0 Å². The summed E-state index contributed by atoms with van der Waals surface area (Å²) in [7, 11) is 3.57. The fourth-order valence-electron chi connectivity index (χ4n) is 1.44. The van der Waals surface area contributed by atoms with Gasteiger partial charge in [-0.25, -0.2) is 0 Å². The fraction of sp³-hybridized carbons (Fsp3) is 0.545. The molecule has 0 aromatic carbocycles. The van der Waals surface area contributed by atoms with Crippen molar-refractivity contribution in [2.24, 2.45) is 0 Å². The average molecular weight is 239 g/mol. The molecule has 0 spiro atoms. The summed E-state index contributed by atoms with van der Waals surface area (Å²) in [6, 6.07) is 2.09. The van der Waals surface area contributed by atoms with Crippen molar-refractivity contribution in [2.45, 2.75) is 19.8 Å². The van der Waals surface area contributed by atoms with Crippen LogP contribution in [0.1, 0.15) is 24.6 Å². The molecule has 1 heterocycles. The monoisotopic (exact) mass is 239 g/mol. The second-order valence-electron chi connectivity index (χ2n) is 3.57. The summed E-state index contributed by atoms with van der Waals surface area (Å²) in [5, 5.41) is 9.85. The first-order valence-electron chi connectivity index (χ1n) is 5.23. The molecule has 0 atom stereocenters. The zero-order chi connectivity index (χ0) is 12.1. The lowest BCUT2D eigenvalue weighted by molar-refractivity contribution is 0.418. The Labute approximate surface area is 100 Å². The van der Waals surface area contributed by atoms with Gasteiger partial charge in [0.05, 0.1) is 7.11 Å². The second kappa shape index (κ2) is 5.61. The van der Waals surface area contributed by atoms with Crippen molar-refractivity contribution >= 4 is 22.0 Å². The third-order valence-corrected chi connectivity index (χ3v) is 3.59. The van der Waals surface area contributed by atoms with E-state index in [0.717, 1.165) is 24.4 Å². The van der Waals surface area contributed by atoms with Gasteiger partial charge < -0.3 is 15.4 Å². The molecule has 0 radical (unpaired) electrons. The first kappa shape index (κ1) is 12.7. The predicted octanol–water partition coefficient (Wildman–Crippen LogP) is 2.45. The molecule has 1 rings (SSSR count). The Balaban J connectivity index is 2.99. The van der Waals surface area contributed by atoms with Gasteiger partial charge in [0.1, 0.15) is 21.6 Å². The van der Waals surface area contributed by atoms with Gasteiger partial charge in [-0.05, 0) is 6.42 Å². The SMILES string of the molecule is CCCCN(C)c1sc(C#N)c(N)c1OC. The molecule has 0 saturated carbocycles. The molecule has 0 bridgehead atoms. The van der Waals surface area contributed by atoms with E-state index in [-0.39, 0.29) is 0 Å². The van der Waals surface area contributed by atoms with E-state index in [1.54, 1.807) is 7.11 Å². The molecule has 0 amide bonds. The molecule has 2 N–H and O–H groups in total. The number of nitrogen functional groups attached to an aromatic ring is 1. The van der Waals surface area contributed by atoms with Gasteiger partial charge in [0.2, 0.25) is 0 Å². The maximum atomic E-state index is 8.92. The topological polar surface area (TPSA) is 62.3 Å². The van der Waals surface area contributed by atoms with Crippen LogP contribution in [-0.4, -0.2) is 20.7 Å². The fourth-order valence-corrected chi connectivity index (χ4v) is 2.42. The first-order valence-corrected chi connectivity index (χ1v) is 6.04. The number of methoxy groups -OCH3 is 1. The largest absolute Gasteiger partial charge is 0.492 e. The maximum absolute atomic E-state index is 8.92. The molecule has 88 valence electrons. The highest BCUT2D eigenvalue weighted by atomic mass is 32.1. The third-order valence-electron chi connectivity index (χ3n) is 2.38. The Kier molecular flexibility index (Phi) is 4.44. The predicted molar refractivity (Wildman–Crippen MR) is 68.2 cm³/mol. The summed E-state index contributed by atoms with van der Waals surface area (Å²) in [5.74, 6) is 0.625. The number of nitrogens with zero attached hydrogens (tertiary/aromatic N) is 2. The molecule has 0 aliphatic carbocycles. The lowest BCUT2D eigenvalue weighted by atomic mass is 10.3. The van der Waals surface area contributed by atoms with Gasteiger partial charge in [0.15, 0.2) is 5.75 Å². The van der Waals surface area contributed by atoms with Crippen molar-refractivity contribution in [3.63, 3.8) is 0 Å². The zero-order valence-corrected chi connectivity index (χ0v) is 10.7. The Hall–Kier alpha value is -1.41. The third kappa shape index (κ3) is 2.39. The number of nitriles is 1. The summed E-state index contributed by atoms with van der Waals surface area (Å²) < 4.78 is 5.25. The number of ether oxygens (including phenoxy) is 1. The van der Waals surface area contributed by atoms with Gasteiger partial charge in [-0.2, -0.15) is 5.26 Å². The van der Waals surface area contributed by atoms with E-state index in [1.165, 1.54) is 11.3 Å². The average Bonchev–Trinajstić information content (AvgIpc) is 2.62. The van der Waals surface area contributed by atoms with Crippen LogP contribution in [0.25, 0.3) is 0 Å². The van der Waals surface area contributed by atoms with E-state index in [9.17, 15) is 0 Å². The van der Waals surface area contributed by atoms with Crippen molar-refractivity contribution < 1.29 is 4.74 Å². The first-order chi connectivity index (χ1) is 7.65. The summed E-state index contributed by atoms with van der Waals surface area (Å²) in [4.78, 5) is 2.61. The molecule has 4 nitrogen and oxygen atoms in total. The number of hydrogen-bond acceptors (Lipinski definition) is 5. The lowest BCUT2D eigenvalue weighted by Crippen LogP contribution is -2.17. The highest BCUT2D eigenvalue weighted by Gasteiger charge is 2.19. The second-order valence-corrected chi connectivity index (χ2v) is 4.57. The van der Waals surface area contributed by atoms with Crippen LogP contribution in [0.2, 0.25) is 0 Å². The molecule has 0 aliphatic heterocycles. The zero-order valence-electron chi connectivity index (χ0n) is 9.91. The van der Waals surface area contributed by atoms with Gasteiger partial charge in [-0.15, -0.1) is 11.3 Å². The van der Waals surface area contributed by atoms with Crippen LogP contribution in [0.5, 0.6) is 5.75 Å². The van der Waals surface area contributed by atoms with Crippen LogP contribution < -0.4 is 15.4 Å². The highest BCUT2D eigenvalue weighted by molar-refractivity contribution is 7.17. The standard InChI is InChI=1S/C11H17N3OS/c1-4-5-6-14(2)11-10(15-3)9(13)8(7-12)16-11/h4-6,13H2,1-3H3. The van der Waals surface area contributed by atoms with Gasteiger partial charge in [-0.1, -0.05) is 13.3 Å². The molecule has 5 heteroatoms. The Bertz CT molecular complexity index is 395. The molecule has 0 aliphatic rings. The van der Waals surface area contributed by atoms with Crippen LogP contribution >= 0.6 is 11.3 Å². The summed E-state index contributed by atoms with van der Waals surface area (Å²) >= 11 is 1.38. The quantitative estimate of drug-likeness (QED) is 0.857. The Morgan fingerprint density at radius 3 is 2.75 bits per heavy atom. The minimum absolute atomic E-state index is 0.452. The van der Waals surface area contributed by atoms with Gasteiger partial charge >= 0.3 is 0 Å². The number of thiophene rings is 1. The number of rotatable bonds is 5. The van der Waals surface area contributed by atoms with Crippen molar-refractivity contribution in [3.05, 3.63) is 4.88 Å². The van der Waals surface area contributed by atoms with Crippen molar-refractivity contribution in [3.8, 4) is 11.8 Å². The van der Waals surface area contributed by atoms with Gasteiger partial charge in [0.25, 0.3) is 0 Å². The normalized spacial score (nSPS) is 9.88. The minimum atomic E-state index is 0.452. The van der Waals surface area contributed by atoms with Gasteiger partial charge in [-0.3, -0.25) is 0 Å². The smallest absolute Gasteiger partial charge is 0.177 e. The van der Waals surface area contributed by atoms with Crippen LogP contribution in [0.3, 0.4) is 0 Å². The molecule has 0 unspecified atom stereocenters. The molecule has 0 saturated heterocycles. The molecular weight excluding hydrogens is 222 g/mol. The molecule has 1 aromatic rings. The van der Waals surface area contributed by atoms with E-state index in [1.807, 2.05) is 7.05 Å². The molecular formula is C11H17N3OS. The van der Waals surface area contributed by atoms with E-state index in [2.05, 4.69) is 17.9 Å². The van der Waals surface area contributed by atoms with Gasteiger partial charge in [0, 0.05) is 13.6 Å². The number of unbranched alkanes of at least 4 members (excludes halogenated alkanes) is 1. The number of anilines is 2. The van der Waals surface area contributed by atoms with Crippen molar-refractivity contribution in [1.29, 1.82) is 5.26 Å². The highest BCUT2D eigenvalue weighted by Crippen LogP contribution is 2.43. The van der Waals surface area contributed by atoms with E-state index in [4.69, 9.17) is 15.7 Å². The van der Waals surface area contributed by atoms with E-state index in [0.29, 0.717) is 16.3 Å². The van der Waals surface area contributed by atoms with Crippen LogP contribution in [0, 0.1) is 11.3 Å². The van der Waals surface area contributed by atoms with E-state index < -0.39 is 0 Å². The van der Waals surface area contributed by atoms with Crippen LogP contribution in [0.4, 0.5) is 10.7 Å². The molecule has 0 fully saturated rings.